The van der Waals surface area contributed by atoms with Crippen molar-refractivity contribution in [3.8, 4) is 0 Å². The zero-order chi connectivity index (χ0) is 14.8. The van der Waals surface area contributed by atoms with Gasteiger partial charge in [0, 0.05) is 18.3 Å². The van der Waals surface area contributed by atoms with Crippen LogP contribution in [0.1, 0.15) is 16.1 Å². The van der Waals surface area contributed by atoms with Gasteiger partial charge in [-0.05, 0) is 12.1 Å². The highest BCUT2D eigenvalue weighted by atomic mass is 35.5. The quantitative estimate of drug-likeness (QED) is 0.802. The SMILES string of the molecule is O=C(NCCc1csc2ncnn12)c1c(F)cccc1Cl. The molecule has 0 aliphatic carbocycles. The van der Waals surface area contributed by atoms with Crippen molar-refractivity contribution < 1.29 is 9.18 Å². The summed E-state index contributed by atoms with van der Waals surface area (Å²) in [6.07, 6.45) is 2.05. The topological polar surface area (TPSA) is 59.3 Å². The maximum absolute atomic E-state index is 13.6. The molecule has 0 radical (unpaired) electrons. The van der Waals surface area contributed by atoms with Crippen LogP contribution in [0.25, 0.3) is 4.96 Å². The molecule has 0 spiro atoms. The molecule has 0 atom stereocenters. The van der Waals surface area contributed by atoms with Gasteiger partial charge in [0.2, 0.25) is 4.96 Å². The lowest BCUT2D eigenvalue weighted by Gasteiger charge is -2.07. The molecular formula is C13H10ClFN4OS. The van der Waals surface area contributed by atoms with Gasteiger partial charge in [-0.15, -0.1) is 11.3 Å². The zero-order valence-electron chi connectivity index (χ0n) is 10.7. The number of halogens is 2. The van der Waals surface area contributed by atoms with Gasteiger partial charge in [-0.1, -0.05) is 17.7 Å². The average Bonchev–Trinajstić information content (AvgIpc) is 3.03. The third kappa shape index (κ3) is 2.74. The minimum absolute atomic E-state index is 0.0988. The van der Waals surface area contributed by atoms with Crippen LogP contribution in [-0.4, -0.2) is 27.0 Å². The maximum Gasteiger partial charge on any atom is 0.255 e. The van der Waals surface area contributed by atoms with Crippen LogP contribution in [0.4, 0.5) is 4.39 Å². The van der Waals surface area contributed by atoms with E-state index in [2.05, 4.69) is 15.4 Å². The Morgan fingerprint density at radius 3 is 3.14 bits per heavy atom. The van der Waals surface area contributed by atoms with Crippen LogP contribution in [0.15, 0.2) is 29.9 Å². The third-order valence-electron chi connectivity index (χ3n) is 2.95. The van der Waals surface area contributed by atoms with Gasteiger partial charge in [-0.2, -0.15) is 5.10 Å². The standard InChI is InChI=1S/C13H10ClFN4OS/c14-9-2-1-3-10(15)11(9)12(20)16-5-4-8-6-21-13-17-7-18-19(8)13/h1-3,6-7H,4-5H2,(H,16,20). The van der Waals surface area contributed by atoms with Crippen molar-refractivity contribution in [2.24, 2.45) is 0 Å². The summed E-state index contributed by atoms with van der Waals surface area (Å²) in [5, 5.41) is 8.77. The van der Waals surface area contributed by atoms with Crippen molar-refractivity contribution in [1.82, 2.24) is 19.9 Å². The van der Waals surface area contributed by atoms with Crippen LogP contribution in [0, 0.1) is 5.82 Å². The largest absolute Gasteiger partial charge is 0.352 e. The number of hydrogen-bond acceptors (Lipinski definition) is 4. The van der Waals surface area contributed by atoms with Gasteiger partial charge in [-0.25, -0.2) is 13.9 Å². The first-order valence-corrected chi connectivity index (χ1v) is 7.41. The molecule has 2 heterocycles. The van der Waals surface area contributed by atoms with Crippen molar-refractivity contribution in [2.75, 3.05) is 6.54 Å². The van der Waals surface area contributed by atoms with Gasteiger partial charge < -0.3 is 5.32 Å². The van der Waals surface area contributed by atoms with Crippen molar-refractivity contribution in [2.45, 2.75) is 6.42 Å². The lowest BCUT2D eigenvalue weighted by molar-refractivity contribution is 0.0950. The summed E-state index contributed by atoms with van der Waals surface area (Å²) in [4.78, 5) is 16.8. The van der Waals surface area contributed by atoms with E-state index >= 15 is 0 Å². The van der Waals surface area contributed by atoms with Gasteiger partial charge in [-0.3, -0.25) is 4.79 Å². The molecule has 3 rings (SSSR count). The molecule has 1 amide bonds. The summed E-state index contributed by atoms with van der Waals surface area (Å²) in [7, 11) is 0. The first kappa shape index (κ1) is 14.0. The Bertz CT molecular complexity index is 780. The van der Waals surface area contributed by atoms with E-state index in [0.717, 1.165) is 10.7 Å². The molecule has 0 saturated heterocycles. The monoisotopic (exact) mass is 324 g/mol. The van der Waals surface area contributed by atoms with E-state index in [1.807, 2.05) is 5.38 Å². The predicted octanol–water partition coefficient (Wildman–Crippen LogP) is 2.56. The molecule has 1 aromatic carbocycles. The summed E-state index contributed by atoms with van der Waals surface area (Å²) in [5.74, 6) is -1.16. The molecule has 1 N–H and O–H groups in total. The third-order valence-corrected chi connectivity index (χ3v) is 4.14. The van der Waals surface area contributed by atoms with E-state index in [4.69, 9.17) is 11.6 Å². The maximum atomic E-state index is 13.6. The van der Waals surface area contributed by atoms with Crippen molar-refractivity contribution in [3.05, 3.63) is 52.0 Å². The lowest BCUT2D eigenvalue weighted by Crippen LogP contribution is -2.27. The van der Waals surface area contributed by atoms with Crippen LogP contribution in [0.2, 0.25) is 5.02 Å². The van der Waals surface area contributed by atoms with Crippen LogP contribution in [0.5, 0.6) is 0 Å². The molecule has 8 heteroatoms. The molecule has 0 aliphatic rings. The number of nitrogens with one attached hydrogen (secondary N) is 1. The van der Waals surface area contributed by atoms with E-state index in [1.54, 1.807) is 4.52 Å². The Morgan fingerprint density at radius 2 is 2.33 bits per heavy atom. The Balaban J connectivity index is 1.65. The normalized spacial score (nSPS) is 11.0. The van der Waals surface area contributed by atoms with E-state index in [0.29, 0.717) is 13.0 Å². The molecule has 0 unspecified atom stereocenters. The Labute approximate surface area is 128 Å². The molecular weight excluding hydrogens is 315 g/mol. The van der Waals surface area contributed by atoms with E-state index in [1.165, 1.54) is 35.9 Å². The number of fused-ring (bicyclic) bond motifs is 1. The first-order valence-electron chi connectivity index (χ1n) is 6.15. The molecule has 3 aromatic rings. The summed E-state index contributed by atoms with van der Waals surface area (Å²) in [5.41, 5.74) is 0.808. The number of carbonyl (C=O) groups excluding carboxylic acids is 1. The molecule has 0 saturated carbocycles. The van der Waals surface area contributed by atoms with Crippen LogP contribution < -0.4 is 5.32 Å². The lowest BCUT2D eigenvalue weighted by atomic mass is 10.2. The van der Waals surface area contributed by atoms with Gasteiger partial charge in [0.1, 0.15) is 12.1 Å². The Kier molecular flexibility index (Phi) is 3.85. The molecule has 0 fully saturated rings. The highest BCUT2D eigenvalue weighted by Gasteiger charge is 2.15. The number of nitrogens with zero attached hydrogens (tertiary/aromatic N) is 3. The fourth-order valence-electron chi connectivity index (χ4n) is 1.95. The Hall–Kier alpha value is -1.99. The van der Waals surface area contributed by atoms with Gasteiger partial charge in [0.25, 0.3) is 5.91 Å². The second kappa shape index (κ2) is 5.79. The Morgan fingerprint density at radius 1 is 1.48 bits per heavy atom. The second-order valence-corrected chi connectivity index (χ2v) is 5.53. The number of thiazole rings is 1. The van der Waals surface area contributed by atoms with Crippen molar-refractivity contribution >= 4 is 33.8 Å². The summed E-state index contributed by atoms with van der Waals surface area (Å²) in [6.45, 7) is 0.356. The van der Waals surface area contributed by atoms with Crippen molar-refractivity contribution in [3.63, 3.8) is 0 Å². The van der Waals surface area contributed by atoms with E-state index < -0.39 is 11.7 Å². The molecule has 0 bridgehead atoms. The van der Waals surface area contributed by atoms with Gasteiger partial charge in [0.15, 0.2) is 0 Å². The van der Waals surface area contributed by atoms with Gasteiger partial charge >= 0.3 is 0 Å². The number of rotatable bonds is 4. The fraction of sp³-hybridized carbons (Fsp3) is 0.154. The van der Waals surface area contributed by atoms with Gasteiger partial charge in [0.05, 0.1) is 16.3 Å². The number of benzene rings is 1. The predicted molar refractivity (Wildman–Crippen MR) is 78.3 cm³/mol. The molecule has 2 aromatic heterocycles. The summed E-state index contributed by atoms with van der Waals surface area (Å²) < 4.78 is 15.3. The summed E-state index contributed by atoms with van der Waals surface area (Å²) in [6, 6.07) is 4.15. The molecule has 5 nitrogen and oxygen atoms in total. The highest BCUT2D eigenvalue weighted by Crippen LogP contribution is 2.18. The minimum atomic E-state index is -0.630. The van der Waals surface area contributed by atoms with Crippen LogP contribution >= 0.6 is 22.9 Å². The number of hydrogen-bond donors (Lipinski definition) is 1. The van der Waals surface area contributed by atoms with Crippen molar-refractivity contribution in [1.29, 1.82) is 0 Å². The van der Waals surface area contributed by atoms with E-state index in [-0.39, 0.29) is 10.6 Å². The highest BCUT2D eigenvalue weighted by molar-refractivity contribution is 7.15. The minimum Gasteiger partial charge on any atom is -0.352 e. The first-order chi connectivity index (χ1) is 10.2. The van der Waals surface area contributed by atoms with Crippen LogP contribution in [0.3, 0.4) is 0 Å². The molecule has 0 aliphatic heterocycles. The molecule has 21 heavy (non-hydrogen) atoms. The molecule has 108 valence electrons. The zero-order valence-corrected chi connectivity index (χ0v) is 12.3. The number of amides is 1. The number of carbonyl (C=O) groups is 1. The van der Waals surface area contributed by atoms with Crippen LogP contribution in [-0.2, 0) is 6.42 Å². The average molecular weight is 325 g/mol. The smallest absolute Gasteiger partial charge is 0.255 e. The number of aromatic nitrogens is 3. The fourth-order valence-corrected chi connectivity index (χ4v) is 3.03. The summed E-state index contributed by atoms with van der Waals surface area (Å²) >= 11 is 7.32. The second-order valence-electron chi connectivity index (χ2n) is 4.28. The van der Waals surface area contributed by atoms with E-state index in [9.17, 15) is 9.18 Å².